The number of hydrogen-bond acceptors (Lipinski definition) is 7. The standard InChI is InChI=1S/C22H31N5O4S/c1-3-18(28)14-25-32(30,31)19-11-9-16(10-12-19)26-22(29)20-13-21(24-15-23-20)27(2)17-7-5-4-6-8-17/h9-13,15,17-18,25,28H,3-8,14H2,1-2H3,(H,26,29). The summed E-state index contributed by atoms with van der Waals surface area (Å²) in [5, 5.41) is 12.3. The Morgan fingerprint density at radius 3 is 2.53 bits per heavy atom. The van der Waals surface area contributed by atoms with Crippen molar-refractivity contribution >= 4 is 27.4 Å². The number of nitrogens with zero attached hydrogens (tertiary/aromatic N) is 3. The summed E-state index contributed by atoms with van der Waals surface area (Å²) in [6.07, 6.45) is 7.00. The molecule has 0 aliphatic heterocycles. The average Bonchev–Trinajstić information content (AvgIpc) is 2.83. The number of aliphatic hydroxyl groups excluding tert-OH is 1. The number of nitrogens with one attached hydrogen (secondary N) is 2. The molecule has 1 fully saturated rings. The van der Waals surface area contributed by atoms with Crippen LogP contribution in [0.5, 0.6) is 0 Å². The van der Waals surface area contributed by atoms with E-state index in [0.717, 1.165) is 12.8 Å². The van der Waals surface area contributed by atoms with Crippen LogP contribution in [0, 0.1) is 0 Å². The maximum atomic E-state index is 12.7. The Kier molecular flexibility index (Phi) is 8.16. The Morgan fingerprint density at radius 1 is 1.19 bits per heavy atom. The Hall–Kier alpha value is -2.56. The van der Waals surface area contributed by atoms with Crippen LogP contribution in [0.25, 0.3) is 0 Å². The lowest BCUT2D eigenvalue weighted by molar-refractivity contribution is 0.102. The predicted molar refractivity (Wildman–Crippen MR) is 123 cm³/mol. The lowest BCUT2D eigenvalue weighted by atomic mass is 9.94. The van der Waals surface area contributed by atoms with Gasteiger partial charge in [-0.3, -0.25) is 4.79 Å². The topological polar surface area (TPSA) is 125 Å². The van der Waals surface area contributed by atoms with E-state index in [0.29, 0.717) is 24.0 Å². The van der Waals surface area contributed by atoms with Gasteiger partial charge in [0.1, 0.15) is 17.8 Å². The minimum absolute atomic E-state index is 0.0529. The second-order valence-corrected chi connectivity index (χ2v) is 9.82. The van der Waals surface area contributed by atoms with Crippen molar-refractivity contribution in [3.05, 3.63) is 42.4 Å². The third-order valence-corrected chi connectivity index (χ3v) is 7.21. The first-order chi connectivity index (χ1) is 15.3. The van der Waals surface area contributed by atoms with Gasteiger partial charge in [-0.25, -0.2) is 23.1 Å². The number of anilines is 2. The van der Waals surface area contributed by atoms with E-state index in [1.807, 2.05) is 7.05 Å². The van der Waals surface area contributed by atoms with Gasteiger partial charge in [0.2, 0.25) is 10.0 Å². The van der Waals surface area contributed by atoms with Crippen molar-refractivity contribution in [2.75, 3.05) is 23.8 Å². The summed E-state index contributed by atoms with van der Waals surface area (Å²) in [5.74, 6) is 0.310. The molecule has 0 bridgehead atoms. The highest BCUT2D eigenvalue weighted by atomic mass is 32.2. The second-order valence-electron chi connectivity index (χ2n) is 8.06. The van der Waals surface area contributed by atoms with E-state index in [1.54, 1.807) is 13.0 Å². The molecule has 1 aromatic heterocycles. The number of sulfonamides is 1. The SMILES string of the molecule is CCC(O)CNS(=O)(=O)c1ccc(NC(=O)c2cc(N(C)C3CCCCC3)ncn2)cc1. The molecule has 1 heterocycles. The molecule has 0 spiro atoms. The zero-order chi connectivity index (χ0) is 23.1. The summed E-state index contributed by atoms with van der Waals surface area (Å²) < 4.78 is 27.0. The smallest absolute Gasteiger partial charge is 0.274 e. The molecule has 32 heavy (non-hydrogen) atoms. The van der Waals surface area contributed by atoms with Gasteiger partial charge >= 0.3 is 0 Å². The fourth-order valence-corrected chi connectivity index (χ4v) is 4.74. The molecule has 1 aromatic carbocycles. The molecule has 10 heteroatoms. The van der Waals surface area contributed by atoms with Gasteiger partial charge in [0.15, 0.2) is 0 Å². The first-order valence-electron chi connectivity index (χ1n) is 10.9. The lowest BCUT2D eigenvalue weighted by Gasteiger charge is -2.32. The minimum Gasteiger partial charge on any atom is -0.392 e. The molecule has 0 radical (unpaired) electrons. The molecule has 1 aliphatic rings. The van der Waals surface area contributed by atoms with E-state index in [2.05, 4.69) is 24.9 Å². The van der Waals surface area contributed by atoms with E-state index < -0.39 is 22.0 Å². The molecule has 1 aliphatic carbocycles. The van der Waals surface area contributed by atoms with Gasteiger partial charge in [-0.15, -0.1) is 0 Å². The molecule has 3 rings (SSSR count). The van der Waals surface area contributed by atoms with Crippen molar-refractivity contribution in [1.29, 1.82) is 0 Å². The summed E-state index contributed by atoms with van der Waals surface area (Å²) in [6.45, 7) is 1.72. The largest absolute Gasteiger partial charge is 0.392 e. The van der Waals surface area contributed by atoms with E-state index in [4.69, 9.17) is 0 Å². The summed E-state index contributed by atoms with van der Waals surface area (Å²) >= 11 is 0. The van der Waals surface area contributed by atoms with Crippen molar-refractivity contribution in [3.8, 4) is 0 Å². The van der Waals surface area contributed by atoms with Gasteiger partial charge in [0.05, 0.1) is 11.0 Å². The number of aliphatic hydroxyl groups is 1. The third kappa shape index (κ3) is 6.24. The number of benzene rings is 1. The van der Waals surface area contributed by atoms with Crippen LogP contribution in [0.2, 0.25) is 0 Å². The van der Waals surface area contributed by atoms with Crippen LogP contribution in [0.1, 0.15) is 55.9 Å². The highest BCUT2D eigenvalue weighted by Crippen LogP contribution is 2.25. The first-order valence-corrected chi connectivity index (χ1v) is 12.4. The van der Waals surface area contributed by atoms with Crippen molar-refractivity contribution in [3.63, 3.8) is 0 Å². The van der Waals surface area contributed by atoms with Gasteiger partial charge in [-0.1, -0.05) is 26.2 Å². The molecular formula is C22H31N5O4S. The van der Waals surface area contributed by atoms with Crippen molar-refractivity contribution in [1.82, 2.24) is 14.7 Å². The van der Waals surface area contributed by atoms with E-state index in [-0.39, 0.29) is 17.1 Å². The fraction of sp³-hybridized carbons (Fsp3) is 0.500. The lowest BCUT2D eigenvalue weighted by Crippen LogP contribution is -2.34. The molecule has 1 saturated carbocycles. The van der Waals surface area contributed by atoms with Crippen LogP contribution in [-0.4, -0.2) is 55.1 Å². The summed E-state index contributed by atoms with van der Waals surface area (Å²) in [5.41, 5.74) is 0.688. The molecule has 1 amide bonds. The summed E-state index contributed by atoms with van der Waals surface area (Å²) in [4.78, 5) is 23.3. The van der Waals surface area contributed by atoms with Crippen LogP contribution in [0.15, 0.2) is 41.6 Å². The van der Waals surface area contributed by atoms with E-state index in [9.17, 15) is 18.3 Å². The highest BCUT2D eigenvalue weighted by Gasteiger charge is 2.21. The normalized spacial score (nSPS) is 15.8. The minimum atomic E-state index is -3.74. The number of aromatic nitrogens is 2. The molecule has 0 saturated heterocycles. The molecular weight excluding hydrogens is 430 g/mol. The Balaban J connectivity index is 1.64. The molecule has 9 nitrogen and oxygen atoms in total. The van der Waals surface area contributed by atoms with Crippen molar-refractivity contribution < 1.29 is 18.3 Å². The second kappa shape index (κ2) is 10.8. The van der Waals surface area contributed by atoms with Crippen LogP contribution in [0.4, 0.5) is 11.5 Å². The average molecular weight is 462 g/mol. The van der Waals surface area contributed by atoms with Crippen LogP contribution in [-0.2, 0) is 10.0 Å². The zero-order valence-electron chi connectivity index (χ0n) is 18.5. The van der Waals surface area contributed by atoms with Crippen LogP contribution >= 0.6 is 0 Å². The van der Waals surface area contributed by atoms with E-state index in [1.165, 1.54) is 49.9 Å². The number of rotatable bonds is 9. The van der Waals surface area contributed by atoms with Gasteiger partial charge in [-0.05, 0) is 43.5 Å². The number of carbonyl (C=O) groups is 1. The van der Waals surface area contributed by atoms with Gasteiger partial charge < -0.3 is 15.3 Å². The van der Waals surface area contributed by atoms with Crippen LogP contribution in [0.3, 0.4) is 0 Å². The molecule has 1 atom stereocenters. The third-order valence-electron chi connectivity index (χ3n) is 5.77. The quantitative estimate of drug-likeness (QED) is 0.524. The fourth-order valence-electron chi connectivity index (χ4n) is 3.67. The number of amides is 1. The Bertz CT molecular complexity index is 1010. The number of hydrogen-bond donors (Lipinski definition) is 3. The van der Waals surface area contributed by atoms with Crippen molar-refractivity contribution in [2.45, 2.75) is 62.5 Å². The van der Waals surface area contributed by atoms with Crippen molar-refractivity contribution in [2.24, 2.45) is 0 Å². The van der Waals surface area contributed by atoms with Crippen LogP contribution < -0.4 is 14.9 Å². The van der Waals surface area contributed by atoms with Gasteiger partial charge in [0, 0.05) is 31.4 Å². The molecule has 174 valence electrons. The Morgan fingerprint density at radius 2 is 1.88 bits per heavy atom. The first kappa shape index (κ1) is 24.1. The predicted octanol–water partition coefficient (Wildman–Crippen LogP) is 2.55. The summed E-state index contributed by atoms with van der Waals surface area (Å²) in [6, 6.07) is 7.91. The van der Waals surface area contributed by atoms with Gasteiger partial charge in [-0.2, -0.15) is 0 Å². The maximum Gasteiger partial charge on any atom is 0.274 e. The molecule has 1 unspecified atom stereocenters. The van der Waals surface area contributed by atoms with E-state index >= 15 is 0 Å². The summed E-state index contributed by atoms with van der Waals surface area (Å²) in [7, 11) is -1.74. The molecule has 3 N–H and O–H groups in total. The maximum absolute atomic E-state index is 12.7. The zero-order valence-corrected chi connectivity index (χ0v) is 19.3. The monoisotopic (exact) mass is 461 g/mol. The van der Waals surface area contributed by atoms with Gasteiger partial charge in [0.25, 0.3) is 5.91 Å². The molecule has 2 aromatic rings. The number of carbonyl (C=O) groups excluding carboxylic acids is 1. The Labute approximate surface area is 189 Å². The highest BCUT2D eigenvalue weighted by molar-refractivity contribution is 7.89.